The van der Waals surface area contributed by atoms with Gasteiger partial charge in [0.25, 0.3) is 5.91 Å². The Bertz CT molecular complexity index is 472. The molecule has 1 saturated carbocycles. The molecule has 0 spiro atoms. The molecule has 20 heavy (non-hydrogen) atoms. The number of hydrogen-bond acceptors (Lipinski definition) is 3. The second kappa shape index (κ2) is 6.27. The number of carbonyl (C=O) groups excluding carboxylic acids is 1. The van der Waals surface area contributed by atoms with Crippen molar-refractivity contribution in [1.82, 2.24) is 5.32 Å². The third-order valence-corrected chi connectivity index (χ3v) is 3.74. The van der Waals surface area contributed by atoms with E-state index < -0.39 is 0 Å². The van der Waals surface area contributed by atoms with Gasteiger partial charge in [-0.3, -0.25) is 4.79 Å². The van der Waals surface area contributed by atoms with E-state index in [0.717, 1.165) is 16.9 Å². The number of benzene rings is 1. The minimum Gasteiger partial charge on any atom is -0.483 e. The summed E-state index contributed by atoms with van der Waals surface area (Å²) in [5.41, 5.74) is 9.01. The highest BCUT2D eigenvalue weighted by atomic mass is 16.5. The van der Waals surface area contributed by atoms with Gasteiger partial charge >= 0.3 is 0 Å². The molecule has 1 fully saturated rings. The third-order valence-electron chi connectivity index (χ3n) is 3.74. The predicted molar refractivity (Wildman–Crippen MR) is 79.9 cm³/mol. The molecule has 1 aromatic rings. The summed E-state index contributed by atoms with van der Waals surface area (Å²) in [5, 5.41) is 2.96. The van der Waals surface area contributed by atoms with Crippen LogP contribution < -0.4 is 15.8 Å². The van der Waals surface area contributed by atoms with Gasteiger partial charge in [-0.15, -0.1) is 0 Å². The molecule has 110 valence electrons. The third kappa shape index (κ3) is 3.73. The second-order valence-electron chi connectivity index (χ2n) is 5.76. The molecule has 3 N–H and O–H groups in total. The number of nitrogens with two attached hydrogens (primary N) is 1. The number of carbonyl (C=O) groups is 1. The average molecular weight is 276 g/mol. The van der Waals surface area contributed by atoms with Crippen molar-refractivity contribution < 1.29 is 9.53 Å². The first-order valence-corrected chi connectivity index (χ1v) is 7.21. The largest absolute Gasteiger partial charge is 0.483 e. The van der Waals surface area contributed by atoms with Crippen LogP contribution in [0.4, 0.5) is 0 Å². The molecule has 1 atom stereocenters. The zero-order valence-electron chi connectivity index (χ0n) is 12.5. The Morgan fingerprint density at radius 2 is 1.95 bits per heavy atom. The molecule has 2 rings (SSSR count). The Hall–Kier alpha value is -1.55. The molecule has 0 aromatic heterocycles. The molecule has 1 aliphatic rings. The van der Waals surface area contributed by atoms with Crippen LogP contribution in [0.3, 0.4) is 0 Å². The van der Waals surface area contributed by atoms with E-state index in [1.165, 1.54) is 18.4 Å². The first kappa shape index (κ1) is 14.9. The fourth-order valence-corrected chi connectivity index (χ4v) is 2.65. The molecule has 0 aliphatic heterocycles. The fraction of sp³-hybridized carbons (Fsp3) is 0.562. The van der Waals surface area contributed by atoms with Gasteiger partial charge in [-0.05, 0) is 50.7 Å². The van der Waals surface area contributed by atoms with Gasteiger partial charge in [0.2, 0.25) is 0 Å². The molecule has 0 heterocycles. The standard InChI is InChI=1S/C16H24N2O2/c1-10-6-11(2)16(12(3)7-10)20-9-15(19)18-14(8-17)13-4-5-13/h6-7,13-14H,4-5,8-9,17H2,1-3H3,(H,18,19). The summed E-state index contributed by atoms with van der Waals surface area (Å²) in [6.45, 7) is 6.60. The van der Waals surface area contributed by atoms with Gasteiger partial charge in [-0.25, -0.2) is 0 Å². The SMILES string of the molecule is Cc1cc(C)c(OCC(=O)NC(CN)C2CC2)c(C)c1. The number of ether oxygens (including phenoxy) is 1. The molecular weight excluding hydrogens is 252 g/mol. The van der Waals surface area contributed by atoms with Gasteiger partial charge in [-0.1, -0.05) is 17.7 Å². The van der Waals surface area contributed by atoms with Gasteiger partial charge in [0.1, 0.15) is 5.75 Å². The predicted octanol–water partition coefficient (Wildman–Crippen LogP) is 1.84. The van der Waals surface area contributed by atoms with Crippen LogP contribution in [-0.4, -0.2) is 25.1 Å². The van der Waals surface area contributed by atoms with E-state index in [1.54, 1.807) is 0 Å². The summed E-state index contributed by atoms with van der Waals surface area (Å²) in [6, 6.07) is 4.23. The quantitative estimate of drug-likeness (QED) is 0.833. The second-order valence-corrected chi connectivity index (χ2v) is 5.76. The number of nitrogens with one attached hydrogen (secondary N) is 1. The highest BCUT2D eigenvalue weighted by Crippen LogP contribution is 2.32. The summed E-state index contributed by atoms with van der Waals surface area (Å²) < 4.78 is 5.68. The first-order valence-electron chi connectivity index (χ1n) is 7.21. The van der Waals surface area contributed by atoms with E-state index in [4.69, 9.17) is 10.5 Å². The van der Waals surface area contributed by atoms with Crippen LogP contribution in [0.1, 0.15) is 29.5 Å². The van der Waals surface area contributed by atoms with Crippen LogP contribution in [0.5, 0.6) is 5.75 Å². The smallest absolute Gasteiger partial charge is 0.258 e. The Labute approximate surface area is 120 Å². The summed E-state index contributed by atoms with van der Waals surface area (Å²) >= 11 is 0. The lowest BCUT2D eigenvalue weighted by Crippen LogP contribution is -2.43. The molecule has 0 saturated heterocycles. The molecule has 1 unspecified atom stereocenters. The number of amides is 1. The Kier molecular flexibility index (Phi) is 4.65. The highest BCUT2D eigenvalue weighted by Gasteiger charge is 2.31. The van der Waals surface area contributed by atoms with Crippen molar-refractivity contribution in [3.8, 4) is 5.75 Å². The molecular formula is C16H24N2O2. The summed E-state index contributed by atoms with van der Waals surface area (Å²) in [7, 11) is 0. The minimum atomic E-state index is -0.0910. The highest BCUT2D eigenvalue weighted by molar-refractivity contribution is 5.78. The molecule has 0 radical (unpaired) electrons. The van der Waals surface area contributed by atoms with Gasteiger partial charge < -0.3 is 15.8 Å². The van der Waals surface area contributed by atoms with Gasteiger partial charge in [0, 0.05) is 12.6 Å². The van der Waals surface area contributed by atoms with E-state index in [1.807, 2.05) is 13.8 Å². The monoisotopic (exact) mass is 276 g/mol. The number of aryl methyl sites for hydroxylation is 3. The average Bonchev–Trinajstić information content (AvgIpc) is 3.18. The van der Waals surface area contributed by atoms with Crippen molar-refractivity contribution in [3.05, 3.63) is 28.8 Å². The van der Waals surface area contributed by atoms with Crippen LogP contribution in [0.15, 0.2) is 12.1 Å². The maximum atomic E-state index is 11.9. The van der Waals surface area contributed by atoms with Crippen molar-refractivity contribution in [2.24, 2.45) is 11.7 Å². The van der Waals surface area contributed by atoms with Gasteiger partial charge in [-0.2, -0.15) is 0 Å². The lowest BCUT2D eigenvalue weighted by Gasteiger charge is -2.17. The number of rotatable bonds is 6. The Balaban J connectivity index is 1.90. The van der Waals surface area contributed by atoms with Gasteiger partial charge in [0.05, 0.1) is 0 Å². The van der Waals surface area contributed by atoms with E-state index >= 15 is 0 Å². The van der Waals surface area contributed by atoms with E-state index in [9.17, 15) is 4.79 Å². The van der Waals surface area contributed by atoms with Gasteiger partial charge in [0.15, 0.2) is 6.61 Å². The van der Waals surface area contributed by atoms with Crippen molar-refractivity contribution in [1.29, 1.82) is 0 Å². The van der Waals surface area contributed by atoms with Crippen LogP contribution in [0.25, 0.3) is 0 Å². The molecule has 1 aliphatic carbocycles. The zero-order valence-corrected chi connectivity index (χ0v) is 12.5. The summed E-state index contributed by atoms with van der Waals surface area (Å²) in [4.78, 5) is 11.9. The summed E-state index contributed by atoms with van der Waals surface area (Å²) in [5.74, 6) is 1.28. The molecule has 1 amide bonds. The van der Waals surface area contributed by atoms with Crippen LogP contribution >= 0.6 is 0 Å². The number of hydrogen-bond donors (Lipinski definition) is 2. The normalized spacial score (nSPS) is 15.8. The fourth-order valence-electron chi connectivity index (χ4n) is 2.65. The van der Waals surface area contributed by atoms with Crippen LogP contribution in [-0.2, 0) is 4.79 Å². The van der Waals surface area contributed by atoms with Crippen molar-refractivity contribution in [2.45, 2.75) is 39.7 Å². The molecule has 0 bridgehead atoms. The lowest BCUT2D eigenvalue weighted by molar-refractivity contribution is -0.123. The van der Waals surface area contributed by atoms with Crippen molar-refractivity contribution >= 4 is 5.91 Å². The van der Waals surface area contributed by atoms with E-state index in [0.29, 0.717) is 12.5 Å². The van der Waals surface area contributed by atoms with Crippen LogP contribution in [0, 0.1) is 26.7 Å². The maximum absolute atomic E-state index is 11.9. The molecule has 1 aromatic carbocycles. The minimum absolute atomic E-state index is 0.0496. The Morgan fingerprint density at radius 3 is 2.45 bits per heavy atom. The van der Waals surface area contributed by atoms with E-state index in [-0.39, 0.29) is 18.6 Å². The van der Waals surface area contributed by atoms with Crippen LogP contribution in [0.2, 0.25) is 0 Å². The lowest BCUT2D eigenvalue weighted by atomic mass is 10.1. The van der Waals surface area contributed by atoms with Crippen molar-refractivity contribution in [2.75, 3.05) is 13.2 Å². The molecule has 4 nitrogen and oxygen atoms in total. The molecule has 4 heteroatoms. The topological polar surface area (TPSA) is 64.3 Å². The first-order chi connectivity index (χ1) is 9.51. The maximum Gasteiger partial charge on any atom is 0.258 e. The summed E-state index contributed by atoms with van der Waals surface area (Å²) in [6.07, 6.45) is 2.33. The van der Waals surface area contributed by atoms with E-state index in [2.05, 4.69) is 24.4 Å². The van der Waals surface area contributed by atoms with Crippen molar-refractivity contribution in [3.63, 3.8) is 0 Å². The zero-order chi connectivity index (χ0) is 14.7. The Morgan fingerprint density at radius 1 is 1.35 bits per heavy atom.